The van der Waals surface area contributed by atoms with Crippen molar-refractivity contribution in [1.29, 1.82) is 0 Å². The Morgan fingerprint density at radius 1 is 0.850 bits per heavy atom. The van der Waals surface area contributed by atoms with Gasteiger partial charge in [0.05, 0.1) is 17.4 Å². The number of para-hydroxylation sites is 1. The molecule has 5 aromatic rings. The maximum Gasteiger partial charge on any atom is 0.263 e. The highest BCUT2D eigenvalue weighted by Gasteiger charge is 2.23. The van der Waals surface area contributed by atoms with E-state index in [1.165, 1.54) is 22.4 Å². The summed E-state index contributed by atoms with van der Waals surface area (Å²) in [7, 11) is 0. The van der Waals surface area contributed by atoms with Crippen LogP contribution < -0.4 is 10.5 Å². The topological polar surface area (TPSA) is 75.7 Å². The van der Waals surface area contributed by atoms with Crippen molar-refractivity contribution in [3.8, 4) is 0 Å². The third kappa shape index (κ3) is 4.74. The van der Waals surface area contributed by atoms with Crippen LogP contribution in [0.2, 0.25) is 0 Å². The molecular formula is C32H34N6O2. The second-order valence-electron chi connectivity index (χ2n) is 10.7. The van der Waals surface area contributed by atoms with Crippen LogP contribution in [0, 0.1) is 20.8 Å². The molecule has 0 bridgehead atoms. The molecule has 0 unspecified atom stereocenters. The summed E-state index contributed by atoms with van der Waals surface area (Å²) in [4.78, 5) is 31.1. The number of piperazine rings is 1. The van der Waals surface area contributed by atoms with Gasteiger partial charge in [0.1, 0.15) is 5.82 Å². The molecule has 0 radical (unpaired) electrons. The lowest BCUT2D eigenvalue weighted by Gasteiger charge is -2.37. The van der Waals surface area contributed by atoms with E-state index in [-0.39, 0.29) is 11.5 Å². The van der Waals surface area contributed by atoms with Gasteiger partial charge in [-0.2, -0.15) is 0 Å². The molecule has 1 aliphatic rings. The van der Waals surface area contributed by atoms with Gasteiger partial charge in [0, 0.05) is 44.7 Å². The number of anilines is 1. The van der Waals surface area contributed by atoms with Crippen LogP contribution in [-0.2, 0) is 17.8 Å². The molecule has 1 fully saturated rings. The van der Waals surface area contributed by atoms with Crippen molar-refractivity contribution in [2.24, 2.45) is 0 Å². The minimum Gasteiger partial charge on any atom is -0.368 e. The summed E-state index contributed by atoms with van der Waals surface area (Å²) in [5.41, 5.74) is 6.69. The highest BCUT2D eigenvalue weighted by Crippen LogP contribution is 2.24. The number of carbonyl (C=O) groups excluding carboxylic acids is 1. The van der Waals surface area contributed by atoms with Crippen molar-refractivity contribution in [2.45, 2.75) is 40.2 Å². The summed E-state index contributed by atoms with van der Waals surface area (Å²) in [6.45, 7) is 9.78. The average Bonchev–Trinajstić information content (AvgIpc) is 3.40. The van der Waals surface area contributed by atoms with Gasteiger partial charge in [0.15, 0.2) is 0 Å². The van der Waals surface area contributed by atoms with E-state index in [0.717, 1.165) is 24.2 Å². The number of hydrogen-bond acceptors (Lipinski definition) is 5. The molecule has 8 heteroatoms. The number of nitrogens with zero attached hydrogens (tertiary/aromatic N) is 6. The molecule has 1 aliphatic heterocycles. The summed E-state index contributed by atoms with van der Waals surface area (Å²) in [5, 5.41) is 9.51. The predicted octanol–water partition coefficient (Wildman–Crippen LogP) is 4.30. The van der Waals surface area contributed by atoms with E-state index < -0.39 is 0 Å². The zero-order chi connectivity index (χ0) is 27.8. The normalized spacial score (nSPS) is 13.9. The van der Waals surface area contributed by atoms with E-state index in [1.807, 2.05) is 64.8 Å². The second-order valence-corrected chi connectivity index (χ2v) is 10.7. The van der Waals surface area contributed by atoms with E-state index in [0.29, 0.717) is 49.5 Å². The standard InChI is InChI=1S/C32H34N6O2/c1-22-11-13-25(14-12-22)21-37-31(40)26-8-4-5-9-28(26)38-29(33-34-32(37)38)15-16-30(39)36-19-17-35(18-20-36)27-10-6-7-23(2)24(27)3/h4-14H,15-21H2,1-3H3. The van der Waals surface area contributed by atoms with Gasteiger partial charge in [-0.25, -0.2) is 0 Å². The highest BCUT2D eigenvalue weighted by molar-refractivity contribution is 5.81. The van der Waals surface area contributed by atoms with Crippen molar-refractivity contribution < 1.29 is 4.79 Å². The van der Waals surface area contributed by atoms with Gasteiger partial charge in [-0.1, -0.05) is 54.1 Å². The lowest BCUT2D eigenvalue weighted by Crippen LogP contribution is -2.49. The Balaban J connectivity index is 1.22. The summed E-state index contributed by atoms with van der Waals surface area (Å²) in [6, 6.07) is 22.1. The van der Waals surface area contributed by atoms with Crippen LogP contribution in [0.15, 0.2) is 71.5 Å². The van der Waals surface area contributed by atoms with Crippen LogP contribution in [0.4, 0.5) is 5.69 Å². The molecule has 204 valence electrons. The fraction of sp³-hybridized carbons (Fsp3) is 0.312. The Morgan fingerprint density at radius 2 is 1.60 bits per heavy atom. The minimum absolute atomic E-state index is 0.0968. The van der Waals surface area contributed by atoms with E-state index >= 15 is 0 Å². The van der Waals surface area contributed by atoms with Gasteiger partial charge in [-0.3, -0.25) is 18.6 Å². The van der Waals surface area contributed by atoms with E-state index in [1.54, 1.807) is 4.57 Å². The number of aromatic nitrogens is 4. The van der Waals surface area contributed by atoms with Crippen molar-refractivity contribution in [3.05, 3.63) is 105 Å². The first kappa shape index (κ1) is 25.8. The fourth-order valence-electron chi connectivity index (χ4n) is 5.65. The molecule has 3 heterocycles. The maximum absolute atomic E-state index is 13.5. The van der Waals surface area contributed by atoms with Crippen molar-refractivity contribution in [2.75, 3.05) is 31.1 Å². The second kappa shape index (κ2) is 10.6. The number of amides is 1. The summed E-state index contributed by atoms with van der Waals surface area (Å²) < 4.78 is 3.62. The molecule has 6 rings (SSSR count). The number of benzene rings is 3. The Kier molecular flexibility index (Phi) is 6.84. The number of aryl methyl sites for hydroxylation is 3. The number of carbonyl (C=O) groups is 1. The SMILES string of the molecule is Cc1ccc(Cn2c(=O)c3ccccc3n3c(CCC(=O)N4CCN(c5cccc(C)c5C)CC4)nnc23)cc1. The zero-order valence-electron chi connectivity index (χ0n) is 23.3. The third-order valence-electron chi connectivity index (χ3n) is 8.15. The molecule has 0 saturated carbocycles. The van der Waals surface area contributed by atoms with E-state index in [2.05, 4.69) is 47.1 Å². The monoisotopic (exact) mass is 534 g/mol. The quantitative estimate of drug-likeness (QED) is 0.325. The van der Waals surface area contributed by atoms with E-state index in [9.17, 15) is 9.59 Å². The molecule has 0 atom stereocenters. The summed E-state index contributed by atoms with van der Waals surface area (Å²) >= 11 is 0. The highest BCUT2D eigenvalue weighted by atomic mass is 16.2. The largest absolute Gasteiger partial charge is 0.368 e. The van der Waals surface area contributed by atoms with Gasteiger partial charge in [-0.05, 0) is 55.7 Å². The molecule has 40 heavy (non-hydrogen) atoms. The zero-order valence-corrected chi connectivity index (χ0v) is 23.3. The molecule has 8 nitrogen and oxygen atoms in total. The number of fused-ring (bicyclic) bond motifs is 3. The Labute approximate surface area is 233 Å². The summed E-state index contributed by atoms with van der Waals surface area (Å²) in [5.74, 6) is 1.30. The Morgan fingerprint density at radius 3 is 2.38 bits per heavy atom. The minimum atomic E-state index is -0.0968. The molecule has 0 N–H and O–H groups in total. The molecule has 1 saturated heterocycles. The van der Waals surface area contributed by atoms with Crippen molar-refractivity contribution in [1.82, 2.24) is 24.1 Å². The first-order valence-corrected chi connectivity index (χ1v) is 13.9. The van der Waals surface area contributed by atoms with Gasteiger partial charge < -0.3 is 9.80 Å². The van der Waals surface area contributed by atoms with Crippen LogP contribution in [-0.4, -0.2) is 56.2 Å². The van der Waals surface area contributed by atoms with E-state index in [4.69, 9.17) is 0 Å². The molecule has 0 spiro atoms. The van der Waals surface area contributed by atoms with Crippen LogP contribution in [0.1, 0.15) is 34.5 Å². The van der Waals surface area contributed by atoms with Gasteiger partial charge in [0.2, 0.25) is 11.7 Å². The maximum atomic E-state index is 13.5. The van der Waals surface area contributed by atoms with Crippen LogP contribution in [0.25, 0.3) is 16.7 Å². The molecule has 3 aromatic carbocycles. The van der Waals surface area contributed by atoms with Gasteiger partial charge in [0.25, 0.3) is 5.56 Å². The van der Waals surface area contributed by atoms with Crippen molar-refractivity contribution in [3.63, 3.8) is 0 Å². The lowest BCUT2D eigenvalue weighted by molar-refractivity contribution is -0.131. The lowest BCUT2D eigenvalue weighted by atomic mass is 10.1. The summed E-state index contributed by atoms with van der Waals surface area (Å²) in [6.07, 6.45) is 0.791. The molecular weight excluding hydrogens is 500 g/mol. The first-order chi connectivity index (χ1) is 19.4. The Bertz CT molecular complexity index is 1760. The Hall–Kier alpha value is -4.46. The van der Waals surface area contributed by atoms with Crippen LogP contribution in [0.3, 0.4) is 0 Å². The number of hydrogen-bond donors (Lipinski definition) is 0. The van der Waals surface area contributed by atoms with Gasteiger partial charge in [-0.15, -0.1) is 10.2 Å². The molecule has 1 amide bonds. The van der Waals surface area contributed by atoms with Crippen LogP contribution >= 0.6 is 0 Å². The number of rotatable bonds is 6. The average molecular weight is 535 g/mol. The van der Waals surface area contributed by atoms with Crippen LogP contribution in [0.5, 0.6) is 0 Å². The molecule has 0 aliphatic carbocycles. The van der Waals surface area contributed by atoms with Crippen molar-refractivity contribution >= 4 is 28.3 Å². The first-order valence-electron chi connectivity index (χ1n) is 13.9. The third-order valence-corrected chi connectivity index (χ3v) is 8.15. The molecule has 2 aromatic heterocycles. The smallest absolute Gasteiger partial charge is 0.263 e. The fourth-order valence-corrected chi connectivity index (χ4v) is 5.65. The predicted molar refractivity (Wildman–Crippen MR) is 158 cm³/mol. The van der Waals surface area contributed by atoms with Gasteiger partial charge >= 0.3 is 0 Å².